The lowest BCUT2D eigenvalue weighted by molar-refractivity contribution is 0.434. The van der Waals surface area contributed by atoms with E-state index >= 15 is 0 Å². The molecule has 0 unspecified atom stereocenters. The van der Waals surface area contributed by atoms with Crippen molar-refractivity contribution in [3.05, 3.63) is 21.9 Å². The maximum Gasteiger partial charge on any atom is 0.211 e. The fourth-order valence-electron chi connectivity index (χ4n) is 2.53. The van der Waals surface area contributed by atoms with Gasteiger partial charge in [0.1, 0.15) is 0 Å². The van der Waals surface area contributed by atoms with E-state index in [0.29, 0.717) is 25.0 Å². The van der Waals surface area contributed by atoms with Crippen molar-refractivity contribution < 1.29 is 8.42 Å². The molecule has 2 heterocycles. The van der Waals surface area contributed by atoms with Crippen LogP contribution in [0.25, 0.3) is 0 Å². The molecule has 19 heavy (non-hydrogen) atoms. The van der Waals surface area contributed by atoms with Crippen LogP contribution in [0, 0.1) is 12.8 Å². The Balaban J connectivity index is 1.83. The third kappa shape index (κ3) is 3.78. The number of nitrogens with zero attached hydrogens (tertiary/aromatic N) is 1. The van der Waals surface area contributed by atoms with Crippen molar-refractivity contribution in [1.82, 2.24) is 9.62 Å². The van der Waals surface area contributed by atoms with Crippen molar-refractivity contribution in [1.29, 1.82) is 0 Å². The number of rotatable bonds is 5. The largest absolute Gasteiger partial charge is 0.309 e. The smallest absolute Gasteiger partial charge is 0.211 e. The number of hydrogen-bond acceptors (Lipinski definition) is 4. The normalized spacial score (nSPS) is 22.8. The van der Waals surface area contributed by atoms with Crippen molar-refractivity contribution in [3.63, 3.8) is 0 Å². The van der Waals surface area contributed by atoms with Gasteiger partial charge < -0.3 is 5.32 Å². The Hall–Kier alpha value is -0.430. The second-order valence-corrected chi connectivity index (χ2v) is 8.30. The number of aryl methyl sites for hydroxylation is 1. The van der Waals surface area contributed by atoms with Gasteiger partial charge in [-0.25, -0.2) is 12.7 Å². The van der Waals surface area contributed by atoms with Gasteiger partial charge in [0.05, 0.1) is 6.26 Å². The van der Waals surface area contributed by atoms with Gasteiger partial charge in [-0.3, -0.25) is 0 Å². The van der Waals surface area contributed by atoms with Crippen LogP contribution in [0.3, 0.4) is 0 Å². The molecule has 0 aromatic carbocycles. The zero-order valence-electron chi connectivity index (χ0n) is 11.7. The molecule has 0 amide bonds. The van der Waals surface area contributed by atoms with Gasteiger partial charge in [-0.1, -0.05) is 0 Å². The quantitative estimate of drug-likeness (QED) is 0.905. The van der Waals surface area contributed by atoms with Crippen LogP contribution in [0.2, 0.25) is 0 Å². The summed E-state index contributed by atoms with van der Waals surface area (Å²) < 4.78 is 24.5. The van der Waals surface area contributed by atoms with Crippen LogP contribution in [-0.4, -0.2) is 38.6 Å². The fourth-order valence-corrected chi connectivity index (χ4v) is 4.41. The lowest BCUT2D eigenvalue weighted by Crippen LogP contribution is -2.30. The van der Waals surface area contributed by atoms with Crippen molar-refractivity contribution in [2.24, 2.45) is 5.92 Å². The van der Waals surface area contributed by atoms with Crippen LogP contribution < -0.4 is 5.32 Å². The average molecular weight is 302 g/mol. The van der Waals surface area contributed by atoms with E-state index in [1.165, 1.54) is 16.7 Å². The van der Waals surface area contributed by atoms with Crippen molar-refractivity contribution in [3.8, 4) is 0 Å². The summed E-state index contributed by atoms with van der Waals surface area (Å²) in [7, 11) is -3.02. The summed E-state index contributed by atoms with van der Waals surface area (Å²) in [6, 6.07) is 2.48. The van der Waals surface area contributed by atoms with E-state index in [1.54, 1.807) is 15.6 Å². The van der Waals surface area contributed by atoms with Crippen LogP contribution in [0.15, 0.2) is 11.4 Å². The fraction of sp³-hybridized carbons (Fsp3) is 0.692. The van der Waals surface area contributed by atoms with Crippen LogP contribution in [0.5, 0.6) is 0 Å². The topological polar surface area (TPSA) is 49.4 Å². The molecule has 0 spiro atoms. The monoisotopic (exact) mass is 302 g/mol. The second-order valence-electron chi connectivity index (χ2n) is 5.37. The van der Waals surface area contributed by atoms with Crippen LogP contribution in [0.4, 0.5) is 0 Å². The molecule has 0 saturated carbocycles. The Morgan fingerprint density at radius 2 is 2.32 bits per heavy atom. The highest BCUT2D eigenvalue weighted by molar-refractivity contribution is 7.88. The van der Waals surface area contributed by atoms with Gasteiger partial charge in [0.2, 0.25) is 10.0 Å². The van der Waals surface area contributed by atoms with Crippen molar-refractivity contribution in [2.75, 3.05) is 25.9 Å². The summed E-state index contributed by atoms with van der Waals surface area (Å²) in [4.78, 5) is 1.37. The molecule has 0 radical (unpaired) electrons. The minimum Gasteiger partial charge on any atom is -0.309 e. The Kier molecular flexibility index (Phi) is 4.66. The first-order valence-corrected chi connectivity index (χ1v) is 9.33. The summed E-state index contributed by atoms with van der Waals surface area (Å²) in [6.07, 6.45) is 2.25. The number of thiophene rings is 1. The maximum absolute atomic E-state index is 11.5. The predicted octanol–water partition coefficient (Wildman–Crippen LogP) is 1.99. The summed E-state index contributed by atoms with van der Waals surface area (Å²) in [5.41, 5.74) is 1.33. The van der Waals surface area contributed by atoms with Gasteiger partial charge in [-0.05, 0) is 49.7 Å². The van der Waals surface area contributed by atoms with E-state index in [9.17, 15) is 8.42 Å². The SMILES string of the molecule is Cc1ccsc1[C@H](C)NC[C@@H]1CCN(S(C)(=O)=O)C1. The van der Waals surface area contributed by atoms with E-state index in [1.807, 2.05) is 0 Å². The van der Waals surface area contributed by atoms with Gasteiger partial charge in [0, 0.05) is 24.0 Å². The Bertz CT molecular complexity index is 525. The van der Waals surface area contributed by atoms with Gasteiger partial charge in [0.25, 0.3) is 0 Å². The van der Waals surface area contributed by atoms with Gasteiger partial charge in [-0.2, -0.15) is 0 Å². The number of sulfonamides is 1. The zero-order chi connectivity index (χ0) is 14.0. The number of nitrogens with one attached hydrogen (secondary N) is 1. The molecule has 1 aromatic rings. The van der Waals surface area contributed by atoms with Gasteiger partial charge in [0.15, 0.2) is 0 Å². The molecule has 1 N–H and O–H groups in total. The molecule has 1 aromatic heterocycles. The third-order valence-electron chi connectivity index (χ3n) is 3.73. The standard InChI is InChI=1S/C13H22N2O2S2/c1-10-5-7-18-13(10)11(2)14-8-12-4-6-15(9-12)19(3,16)17/h5,7,11-12,14H,4,6,8-9H2,1-3H3/t11-,12-/m0/s1. The molecule has 1 fully saturated rings. The average Bonchev–Trinajstić information content (AvgIpc) is 2.93. The van der Waals surface area contributed by atoms with Crippen LogP contribution >= 0.6 is 11.3 Å². The first kappa shape index (κ1) is 15.0. The van der Waals surface area contributed by atoms with E-state index in [0.717, 1.165) is 13.0 Å². The Morgan fingerprint density at radius 3 is 2.84 bits per heavy atom. The molecule has 0 aliphatic carbocycles. The maximum atomic E-state index is 11.5. The molecule has 0 bridgehead atoms. The molecular weight excluding hydrogens is 280 g/mol. The molecule has 1 saturated heterocycles. The van der Waals surface area contributed by atoms with Crippen molar-refractivity contribution in [2.45, 2.75) is 26.3 Å². The van der Waals surface area contributed by atoms with E-state index in [2.05, 4.69) is 30.6 Å². The molecule has 1 aliphatic rings. The highest BCUT2D eigenvalue weighted by Gasteiger charge is 2.28. The summed E-state index contributed by atoms with van der Waals surface area (Å²) in [6.45, 7) is 6.50. The molecular formula is C13H22N2O2S2. The molecule has 1 aliphatic heterocycles. The van der Waals surface area contributed by atoms with E-state index in [-0.39, 0.29) is 0 Å². The first-order valence-electron chi connectivity index (χ1n) is 6.60. The Labute approximate surface area is 119 Å². The highest BCUT2D eigenvalue weighted by atomic mass is 32.2. The van der Waals surface area contributed by atoms with Crippen molar-refractivity contribution >= 4 is 21.4 Å². The minimum atomic E-state index is -3.02. The lowest BCUT2D eigenvalue weighted by Gasteiger charge is -2.17. The highest BCUT2D eigenvalue weighted by Crippen LogP contribution is 2.24. The predicted molar refractivity (Wildman–Crippen MR) is 80.0 cm³/mol. The van der Waals surface area contributed by atoms with Gasteiger partial charge >= 0.3 is 0 Å². The lowest BCUT2D eigenvalue weighted by atomic mass is 10.1. The summed E-state index contributed by atoms with van der Waals surface area (Å²) >= 11 is 1.78. The molecule has 6 heteroatoms. The van der Waals surface area contributed by atoms with E-state index in [4.69, 9.17) is 0 Å². The van der Waals surface area contributed by atoms with Crippen LogP contribution in [0.1, 0.15) is 29.8 Å². The minimum absolute atomic E-state index is 0.340. The molecule has 108 valence electrons. The second kappa shape index (κ2) is 5.91. The van der Waals surface area contributed by atoms with Gasteiger partial charge in [-0.15, -0.1) is 11.3 Å². The first-order chi connectivity index (χ1) is 8.88. The summed E-state index contributed by atoms with van der Waals surface area (Å²) in [5, 5.41) is 5.64. The van der Waals surface area contributed by atoms with Crippen LogP contribution in [-0.2, 0) is 10.0 Å². The molecule has 2 atom stereocenters. The Morgan fingerprint density at radius 1 is 1.58 bits per heavy atom. The third-order valence-corrected chi connectivity index (χ3v) is 6.20. The molecule has 4 nitrogen and oxygen atoms in total. The van der Waals surface area contributed by atoms with E-state index < -0.39 is 10.0 Å². The molecule has 2 rings (SSSR count). The zero-order valence-corrected chi connectivity index (χ0v) is 13.4. The summed E-state index contributed by atoms with van der Waals surface area (Å²) in [5.74, 6) is 0.428. The number of hydrogen-bond donors (Lipinski definition) is 1.